The van der Waals surface area contributed by atoms with Gasteiger partial charge in [-0.2, -0.15) is 4.31 Å². The fourth-order valence-corrected chi connectivity index (χ4v) is 4.81. The van der Waals surface area contributed by atoms with E-state index in [2.05, 4.69) is 10.2 Å². The van der Waals surface area contributed by atoms with Crippen molar-refractivity contribution in [3.63, 3.8) is 0 Å². The minimum absolute atomic E-state index is 0.0269. The van der Waals surface area contributed by atoms with E-state index in [9.17, 15) is 22.4 Å². The van der Waals surface area contributed by atoms with Gasteiger partial charge in [-0.25, -0.2) is 17.6 Å². The lowest BCUT2D eigenvalue weighted by Crippen LogP contribution is -2.49. The molecule has 2 aliphatic rings. The molecule has 0 bridgehead atoms. The second-order valence-electron chi connectivity index (χ2n) is 6.38. The highest BCUT2D eigenvalue weighted by molar-refractivity contribution is 7.89. The summed E-state index contributed by atoms with van der Waals surface area (Å²) in [6, 6.07) is 3.01. The van der Waals surface area contributed by atoms with Crippen molar-refractivity contribution in [1.82, 2.24) is 19.4 Å². The fraction of sp³-hybridized carbons (Fsp3) is 0.500. The Bertz CT molecular complexity index is 827. The molecule has 2 fully saturated rings. The van der Waals surface area contributed by atoms with Gasteiger partial charge in [0.25, 0.3) is 0 Å². The molecule has 27 heavy (non-hydrogen) atoms. The third kappa shape index (κ3) is 4.40. The summed E-state index contributed by atoms with van der Waals surface area (Å²) in [6.07, 6.45) is 0.624. The van der Waals surface area contributed by atoms with Crippen LogP contribution in [0.25, 0.3) is 0 Å². The Morgan fingerprint density at radius 3 is 2.41 bits per heavy atom. The average molecular weight is 419 g/mol. The number of rotatable bonds is 6. The maximum Gasteiger partial charge on any atom is 0.324 e. The number of sulfonamides is 1. The third-order valence-electron chi connectivity index (χ3n) is 4.65. The number of nitrogens with zero attached hydrogens (tertiary/aromatic N) is 3. The molecule has 1 aromatic carbocycles. The van der Waals surface area contributed by atoms with E-state index in [4.69, 9.17) is 11.6 Å². The van der Waals surface area contributed by atoms with E-state index in [1.807, 2.05) is 0 Å². The zero-order valence-corrected chi connectivity index (χ0v) is 16.1. The van der Waals surface area contributed by atoms with Crippen molar-refractivity contribution in [2.24, 2.45) is 0 Å². The molecule has 0 unspecified atom stereocenters. The minimum atomic E-state index is -3.72. The van der Waals surface area contributed by atoms with Crippen LogP contribution in [0.3, 0.4) is 0 Å². The molecule has 0 radical (unpaired) electrons. The molecule has 0 aromatic heterocycles. The molecule has 1 aromatic rings. The van der Waals surface area contributed by atoms with E-state index < -0.39 is 15.8 Å². The first-order valence-corrected chi connectivity index (χ1v) is 10.4. The summed E-state index contributed by atoms with van der Waals surface area (Å²) in [7, 11) is -3.72. The highest BCUT2D eigenvalue weighted by Gasteiger charge is 2.30. The van der Waals surface area contributed by atoms with Gasteiger partial charge < -0.3 is 10.2 Å². The van der Waals surface area contributed by atoms with Gasteiger partial charge in [-0.3, -0.25) is 9.69 Å². The largest absolute Gasteiger partial charge is 0.329 e. The van der Waals surface area contributed by atoms with Gasteiger partial charge in [0.05, 0.1) is 16.5 Å². The highest BCUT2D eigenvalue weighted by Crippen LogP contribution is 2.23. The van der Waals surface area contributed by atoms with E-state index in [1.165, 1.54) is 15.3 Å². The lowest BCUT2D eigenvalue weighted by atomic mass is 10.3. The number of hydrogen-bond acceptors (Lipinski definition) is 5. The van der Waals surface area contributed by atoms with Gasteiger partial charge in [0.2, 0.25) is 15.9 Å². The number of halogens is 2. The van der Waals surface area contributed by atoms with Gasteiger partial charge in [-0.05, 0) is 31.2 Å². The van der Waals surface area contributed by atoms with Crippen LogP contribution < -0.4 is 5.32 Å². The number of urea groups is 1. The van der Waals surface area contributed by atoms with Crippen molar-refractivity contribution in [2.45, 2.75) is 11.3 Å². The van der Waals surface area contributed by atoms with E-state index >= 15 is 0 Å². The van der Waals surface area contributed by atoms with Crippen LogP contribution in [0.15, 0.2) is 23.1 Å². The summed E-state index contributed by atoms with van der Waals surface area (Å²) >= 11 is 5.69. The van der Waals surface area contributed by atoms with Crippen molar-refractivity contribution in [3.05, 3.63) is 29.0 Å². The van der Waals surface area contributed by atoms with Gasteiger partial charge in [0, 0.05) is 32.7 Å². The van der Waals surface area contributed by atoms with Crippen LogP contribution in [-0.4, -0.2) is 80.3 Å². The standard InChI is InChI=1S/C16H20ClFN4O4S/c17-13-10-12(2-3-14(13)18)27(25,26)21-8-6-20(7-9-21)4-1-5-22-15(23)11-19-16(22)24/h2-3,10H,1,4-9,11H2,(H,19,24). The quantitative estimate of drug-likeness (QED) is 0.688. The van der Waals surface area contributed by atoms with E-state index in [0.717, 1.165) is 12.1 Å². The molecule has 2 saturated heterocycles. The van der Waals surface area contributed by atoms with E-state index in [0.29, 0.717) is 45.7 Å². The fourth-order valence-electron chi connectivity index (χ4n) is 3.11. The SMILES string of the molecule is O=C1CNC(=O)N1CCCN1CCN(S(=O)(=O)c2ccc(F)c(Cl)c2)CC1. The average Bonchev–Trinajstić information content (AvgIpc) is 2.96. The summed E-state index contributed by atoms with van der Waals surface area (Å²) in [5.41, 5.74) is 0. The Labute approximate surface area is 161 Å². The summed E-state index contributed by atoms with van der Waals surface area (Å²) < 4.78 is 39.9. The van der Waals surface area contributed by atoms with Crippen molar-refractivity contribution in [2.75, 3.05) is 45.8 Å². The topological polar surface area (TPSA) is 90.0 Å². The van der Waals surface area contributed by atoms with Gasteiger partial charge in [-0.1, -0.05) is 11.6 Å². The summed E-state index contributed by atoms with van der Waals surface area (Å²) in [4.78, 5) is 26.2. The Kier molecular flexibility index (Phi) is 5.99. The molecule has 0 saturated carbocycles. The Hall–Kier alpha value is -1.75. The maximum absolute atomic E-state index is 13.3. The number of benzene rings is 1. The van der Waals surface area contributed by atoms with Crippen molar-refractivity contribution in [1.29, 1.82) is 0 Å². The van der Waals surface area contributed by atoms with Crippen LogP contribution in [-0.2, 0) is 14.8 Å². The highest BCUT2D eigenvalue weighted by atomic mass is 35.5. The third-order valence-corrected chi connectivity index (χ3v) is 6.84. The summed E-state index contributed by atoms with van der Waals surface area (Å²) in [5.74, 6) is -0.889. The summed E-state index contributed by atoms with van der Waals surface area (Å²) in [5, 5.41) is 2.24. The van der Waals surface area contributed by atoms with Crippen LogP contribution in [0.2, 0.25) is 5.02 Å². The molecule has 148 valence electrons. The number of imide groups is 1. The molecular formula is C16H20ClFN4O4S. The molecule has 3 amide bonds. The lowest BCUT2D eigenvalue weighted by molar-refractivity contribution is -0.125. The molecule has 3 rings (SSSR count). The Morgan fingerprint density at radius 1 is 1.11 bits per heavy atom. The second-order valence-corrected chi connectivity index (χ2v) is 8.72. The molecule has 0 spiro atoms. The monoisotopic (exact) mass is 418 g/mol. The molecule has 0 aliphatic carbocycles. The molecule has 8 nitrogen and oxygen atoms in total. The number of hydrogen-bond donors (Lipinski definition) is 1. The van der Waals surface area contributed by atoms with Gasteiger partial charge in [0.1, 0.15) is 5.82 Å². The number of piperazine rings is 1. The Balaban J connectivity index is 1.50. The predicted molar refractivity (Wildman–Crippen MR) is 96.3 cm³/mol. The van der Waals surface area contributed by atoms with Gasteiger partial charge >= 0.3 is 6.03 Å². The first-order chi connectivity index (χ1) is 12.8. The first-order valence-electron chi connectivity index (χ1n) is 8.55. The maximum atomic E-state index is 13.3. The minimum Gasteiger partial charge on any atom is -0.329 e. The van der Waals surface area contributed by atoms with Crippen LogP contribution in [0.5, 0.6) is 0 Å². The molecule has 2 heterocycles. The molecule has 0 atom stereocenters. The predicted octanol–water partition coefficient (Wildman–Crippen LogP) is 0.727. The van der Waals surface area contributed by atoms with E-state index in [1.54, 1.807) is 0 Å². The first kappa shape index (κ1) is 20.0. The number of carbonyl (C=O) groups excluding carboxylic acids is 2. The number of nitrogens with one attached hydrogen (secondary N) is 1. The summed E-state index contributed by atoms with van der Waals surface area (Å²) in [6.45, 7) is 2.73. The van der Waals surface area contributed by atoms with Crippen molar-refractivity contribution in [3.8, 4) is 0 Å². The zero-order valence-electron chi connectivity index (χ0n) is 14.5. The van der Waals surface area contributed by atoms with E-state index in [-0.39, 0.29) is 28.4 Å². The molecule has 11 heteroatoms. The van der Waals surface area contributed by atoms with Gasteiger partial charge in [0.15, 0.2) is 0 Å². The van der Waals surface area contributed by atoms with Crippen LogP contribution in [0.1, 0.15) is 6.42 Å². The van der Waals surface area contributed by atoms with Gasteiger partial charge in [-0.15, -0.1) is 0 Å². The molecule has 1 N–H and O–H groups in total. The number of amides is 3. The van der Waals surface area contributed by atoms with Crippen LogP contribution in [0.4, 0.5) is 9.18 Å². The second kappa shape index (κ2) is 8.09. The molecule has 2 aliphatic heterocycles. The van der Waals surface area contributed by atoms with Crippen LogP contribution >= 0.6 is 11.6 Å². The van der Waals surface area contributed by atoms with Crippen LogP contribution in [0, 0.1) is 5.82 Å². The van der Waals surface area contributed by atoms with Crippen molar-refractivity contribution < 1.29 is 22.4 Å². The van der Waals surface area contributed by atoms with Crippen molar-refractivity contribution >= 4 is 33.6 Å². The number of carbonyl (C=O) groups is 2. The normalized spacial score (nSPS) is 19.6. The smallest absolute Gasteiger partial charge is 0.324 e. The lowest BCUT2D eigenvalue weighted by Gasteiger charge is -2.34. The molecular weight excluding hydrogens is 399 g/mol. The zero-order chi connectivity index (χ0) is 19.6. The Morgan fingerprint density at radius 2 is 1.81 bits per heavy atom.